The summed E-state index contributed by atoms with van der Waals surface area (Å²) in [6.07, 6.45) is 20.8. The summed E-state index contributed by atoms with van der Waals surface area (Å²) in [4.78, 5) is 0. The predicted molar refractivity (Wildman–Crippen MR) is 112 cm³/mol. The quantitative estimate of drug-likeness (QED) is 0.231. The van der Waals surface area contributed by atoms with Gasteiger partial charge in [0.1, 0.15) is 11.5 Å². The molecule has 1 aromatic carbocycles. The fourth-order valence-corrected chi connectivity index (χ4v) is 2.97. The molecule has 0 N–H and O–H groups in total. The summed E-state index contributed by atoms with van der Waals surface area (Å²) in [6.45, 7) is 5.97. The highest BCUT2D eigenvalue weighted by Gasteiger charge is 2.05. The highest BCUT2D eigenvalue weighted by Crippen LogP contribution is 2.25. The Labute approximate surface area is 161 Å². The average Bonchev–Trinajstić information content (AvgIpc) is 2.66. The molecule has 0 aliphatic rings. The minimum absolute atomic E-state index is 0.724. The molecule has 0 amide bonds. The molecule has 0 radical (unpaired) electrons. The van der Waals surface area contributed by atoms with E-state index >= 15 is 0 Å². The van der Waals surface area contributed by atoms with Crippen molar-refractivity contribution in [3.05, 3.63) is 23.8 Å². The van der Waals surface area contributed by atoms with E-state index in [0.29, 0.717) is 0 Å². The Morgan fingerprint density at radius 1 is 0.731 bits per heavy atom. The van der Waals surface area contributed by atoms with Crippen molar-refractivity contribution >= 4 is 0 Å². The highest BCUT2D eigenvalue weighted by molar-refractivity contribution is 5.48. The van der Waals surface area contributed by atoms with E-state index in [0.717, 1.165) is 43.1 Å². The van der Waals surface area contributed by atoms with Gasteiger partial charge in [0, 0.05) is 6.07 Å². The van der Waals surface area contributed by atoms with Gasteiger partial charge >= 0.3 is 0 Å². The molecule has 0 aromatic heterocycles. The van der Waals surface area contributed by atoms with Crippen molar-refractivity contribution < 1.29 is 9.47 Å². The van der Waals surface area contributed by atoms with Gasteiger partial charge in [-0.15, -0.1) is 6.42 Å². The molecule has 1 rings (SSSR count). The lowest BCUT2D eigenvalue weighted by Gasteiger charge is -2.12. The minimum atomic E-state index is 0.724. The van der Waals surface area contributed by atoms with Crippen molar-refractivity contribution in [2.75, 3.05) is 13.2 Å². The first-order valence-corrected chi connectivity index (χ1v) is 10.7. The summed E-state index contributed by atoms with van der Waals surface area (Å²) in [5.74, 6) is 4.34. The van der Waals surface area contributed by atoms with Crippen LogP contribution in [0.25, 0.3) is 0 Å². The molecule has 0 saturated carbocycles. The Kier molecular flexibility index (Phi) is 13.5. The molecule has 0 bridgehead atoms. The van der Waals surface area contributed by atoms with E-state index in [-0.39, 0.29) is 0 Å². The Hall–Kier alpha value is -1.62. The van der Waals surface area contributed by atoms with Gasteiger partial charge in [0.2, 0.25) is 0 Å². The van der Waals surface area contributed by atoms with Gasteiger partial charge in [0.25, 0.3) is 0 Å². The number of unbranched alkanes of at least 4 members (excludes halogenated alkanes) is 10. The van der Waals surface area contributed by atoms with Crippen LogP contribution < -0.4 is 9.47 Å². The molecule has 0 atom stereocenters. The zero-order chi connectivity index (χ0) is 18.9. The van der Waals surface area contributed by atoms with E-state index in [1.54, 1.807) is 0 Å². The smallest absolute Gasteiger partial charge is 0.138 e. The first-order valence-electron chi connectivity index (χ1n) is 10.7. The Balaban J connectivity index is 2.29. The maximum atomic E-state index is 5.92. The van der Waals surface area contributed by atoms with Crippen LogP contribution in [0.2, 0.25) is 0 Å². The third-order valence-electron chi connectivity index (χ3n) is 4.63. The molecular weight excluding hydrogens is 320 g/mol. The lowest BCUT2D eigenvalue weighted by Crippen LogP contribution is -2.01. The lowest BCUT2D eigenvalue weighted by molar-refractivity contribution is 0.289. The summed E-state index contributed by atoms with van der Waals surface area (Å²) >= 11 is 0. The molecule has 0 unspecified atom stereocenters. The standard InChI is InChI=1S/C24H38O2/c1-4-7-9-11-13-15-19-25-23-18-17-22(6-3)24(21-23)26-20-16-14-12-10-8-5-2/h3,17-18,21H,4-5,7-16,19-20H2,1-2H3. The van der Waals surface area contributed by atoms with Gasteiger partial charge in [-0.3, -0.25) is 0 Å². The fraction of sp³-hybridized carbons (Fsp3) is 0.667. The van der Waals surface area contributed by atoms with Crippen LogP contribution in [0.4, 0.5) is 0 Å². The molecule has 0 aliphatic carbocycles. The first kappa shape index (κ1) is 22.4. The van der Waals surface area contributed by atoms with Gasteiger partial charge in [-0.25, -0.2) is 0 Å². The molecule has 0 aliphatic heterocycles. The molecule has 0 spiro atoms. The van der Waals surface area contributed by atoms with Crippen LogP contribution in [-0.4, -0.2) is 13.2 Å². The van der Waals surface area contributed by atoms with Gasteiger partial charge in [0.15, 0.2) is 0 Å². The zero-order valence-corrected chi connectivity index (χ0v) is 17.0. The zero-order valence-electron chi connectivity index (χ0n) is 17.0. The lowest BCUT2D eigenvalue weighted by atomic mass is 10.1. The maximum Gasteiger partial charge on any atom is 0.138 e. The van der Waals surface area contributed by atoms with E-state index in [9.17, 15) is 0 Å². The molecule has 2 heteroatoms. The van der Waals surface area contributed by atoms with Crippen LogP contribution in [0, 0.1) is 12.3 Å². The second-order valence-electron chi connectivity index (χ2n) is 7.03. The van der Waals surface area contributed by atoms with E-state index in [2.05, 4.69) is 19.8 Å². The van der Waals surface area contributed by atoms with Crippen LogP contribution in [0.1, 0.15) is 96.5 Å². The Bertz CT molecular complexity index is 501. The van der Waals surface area contributed by atoms with Crippen molar-refractivity contribution in [1.82, 2.24) is 0 Å². The number of hydrogen-bond acceptors (Lipinski definition) is 2. The predicted octanol–water partition coefficient (Wildman–Crippen LogP) is 7.15. The number of rotatable bonds is 16. The number of ether oxygens (including phenoxy) is 2. The molecule has 0 heterocycles. The molecule has 26 heavy (non-hydrogen) atoms. The van der Waals surface area contributed by atoms with Crippen LogP contribution in [0.15, 0.2) is 18.2 Å². The monoisotopic (exact) mass is 358 g/mol. The van der Waals surface area contributed by atoms with Gasteiger partial charge in [-0.1, -0.05) is 84.0 Å². The van der Waals surface area contributed by atoms with Gasteiger partial charge in [-0.2, -0.15) is 0 Å². The van der Waals surface area contributed by atoms with Crippen LogP contribution in [-0.2, 0) is 0 Å². The maximum absolute atomic E-state index is 5.92. The molecule has 146 valence electrons. The van der Waals surface area contributed by atoms with Crippen molar-refractivity contribution in [3.63, 3.8) is 0 Å². The number of benzene rings is 1. The number of hydrogen-bond donors (Lipinski definition) is 0. The molecule has 0 saturated heterocycles. The van der Waals surface area contributed by atoms with Gasteiger partial charge in [0.05, 0.1) is 18.8 Å². The van der Waals surface area contributed by atoms with E-state index in [4.69, 9.17) is 15.9 Å². The fourth-order valence-electron chi connectivity index (χ4n) is 2.97. The summed E-state index contributed by atoms with van der Waals surface area (Å²) < 4.78 is 11.8. The Morgan fingerprint density at radius 2 is 1.27 bits per heavy atom. The summed E-state index contributed by atoms with van der Waals surface area (Å²) in [7, 11) is 0. The SMILES string of the molecule is C#Cc1ccc(OCCCCCCCC)cc1OCCCCCCCC. The van der Waals surface area contributed by atoms with Crippen molar-refractivity contribution in [2.24, 2.45) is 0 Å². The van der Waals surface area contributed by atoms with Gasteiger partial charge in [-0.05, 0) is 25.0 Å². The highest BCUT2D eigenvalue weighted by atomic mass is 16.5. The summed E-state index contributed by atoms with van der Waals surface area (Å²) in [5.41, 5.74) is 0.808. The second kappa shape index (κ2) is 15.6. The summed E-state index contributed by atoms with van der Waals surface area (Å²) in [5, 5.41) is 0. The third-order valence-corrected chi connectivity index (χ3v) is 4.63. The Morgan fingerprint density at radius 3 is 1.85 bits per heavy atom. The normalized spacial score (nSPS) is 10.5. The average molecular weight is 359 g/mol. The molecular formula is C24H38O2. The summed E-state index contributed by atoms with van der Waals surface area (Å²) in [6, 6.07) is 5.82. The molecule has 1 aromatic rings. The number of terminal acetylenes is 1. The van der Waals surface area contributed by atoms with Crippen molar-refractivity contribution in [3.8, 4) is 23.8 Å². The van der Waals surface area contributed by atoms with Crippen molar-refractivity contribution in [2.45, 2.75) is 90.9 Å². The van der Waals surface area contributed by atoms with Crippen LogP contribution in [0.5, 0.6) is 11.5 Å². The van der Waals surface area contributed by atoms with E-state index in [1.165, 1.54) is 64.2 Å². The van der Waals surface area contributed by atoms with E-state index in [1.807, 2.05) is 18.2 Å². The van der Waals surface area contributed by atoms with Crippen LogP contribution in [0.3, 0.4) is 0 Å². The molecule has 0 fully saturated rings. The van der Waals surface area contributed by atoms with Gasteiger partial charge < -0.3 is 9.47 Å². The molecule has 2 nitrogen and oxygen atoms in total. The topological polar surface area (TPSA) is 18.5 Å². The largest absolute Gasteiger partial charge is 0.493 e. The third kappa shape index (κ3) is 10.4. The van der Waals surface area contributed by atoms with Crippen LogP contribution >= 0.6 is 0 Å². The van der Waals surface area contributed by atoms with E-state index < -0.39 is 0 Å². The second-order valence-corrected chi connectivity index (χ2v) is 7.03. The first-order chi connectivity index (χ1) is 12.8. The van der Waals surface area contributed by atoms with Crippen molar-refractivity contribution in [1.29, 1.82) is 0 Å². The minimum Gasteiger partial charge on any atom is -0.493 e.